The van der Waals surface area contributed by atoms with Gasteiger partial charge in [0.1, 0.15) is 13.2 Å². The molecule has 1 atom stereocenters. The Morgan fingerprint density at radius 1 is 0.273 bits per heavy atom. The Labute approximate surface area is 474 Å². The molecule has 0 heterocycles. The van der Waals surface area contributed by atoms with Gasteiger partial charge in [0, 0.05) is 19.3 Å². The molecule has 0 saturated carbocycles. The number of carbonyl (C=O) groups excluding carboxylic acids is 3. The molecule has 0 spiro atoms. The summed E-state index contributed by atoms with van der Waals surface area (Å²) < 4.78 is 16.7. The van der Waals surface area contributed by atoms with Gasteiger partial charge in [0.15, 0.2) is 6.10 Å². The second-order valence-electron chi connectivity index (χ2n) is 20.2. The van der Waals surface area contributed by atoms with E-state index in [1.165, 1.54) is 57.8 Å². The highest BCUT2D eigenvalue weighted by molar-refractivity contribution is 5.71. The van der Waals surface area contributed by atoms with Crippen LogP contribution in [-0.4, -0.2) is 37.2 Å². The highest BCUT2D eigenvalue weighted by atomic mass is 16.6. The zero-order valence-corrected chi connectivity index (χ0v) is 49.7. The van der Waals surface area contributed by atoms with Crippen molar-refractivity contribution in [2.24, 2.45) is 0 Å². The van der Waals surface area contributed by atoms with E-state index in [0.29, 0.717) is 19.3 Å². The van der Waals surface area contributed by atoms with Crippen molar-refractivity contribution in [3.63, 3.8) is 0 Å². The van der Waals surface area contributed by atoms with E-state index < -0.39 is 6.10 Å². The molecule has 0 aromatic rings. The average molecular weight is 1060 g/mol. The van der Waals surface area contributed by atoms with Crippen LogP contribution in [0.1, 0.15) is 265 Å². The van der Waals surface area contributed by atoms with Gasteiger partial charge in [-0.15, -0.1) is 0 Å². The predicted molar refractivity (Wildman–Crippen MR) is 334 cm³/mol. The molecule has 0 aliphatic rings. The van der Waals surface area contributed by atoms with E-state index in [1.807, 2.05) is 0 Å². The molecular weight excluding hydrogens is 949 g/mol. The maximum absolute atomic E-state index is 12.8. The summed E-state index contributed by atoms with van der Waals surface area (Å²) in [6, 6.07) is 0. The van der Waals surface area contributed by atoms with Crippen molar-refractivity contribution in [3.8, 4) is 0 Å². The lowest BCUT2D eigenvalue weighted by Crippen LogP contribution is -2.30. The van der Waals surface area contributed by atoms with Gasteiger partial charge in [-0.05, 0) is 122 Å². The van der Waals surface area contributed by atoms with Crippen molar-refractivity contribution in [2.45, 2.75) is 271 Å². The number of hydrogen-bond acceptors (Lipinski definition) is 6. The first-order chi connectivity index (χ1) is 38.0. The first-order valence-corrected chi connectivity index (χ1v) is 31.3. The molecule has 1 unspecified atom stereocenters. The van der Waals surface area contributed by atoms with Gasteiger partial charge in [0.25, 0.3) is 0 Å². The SMILES string of the molecule is CC/C=C\C/C=C\C/C=C\C/C=C\C/C=C\C/C=C\C/C=C\C/C=C\CCCCCCCCCCCCC(=O)OCC(COC(=O)CCCCCCC)OC(=O)CCCCCCCC/C=C\C/C=C\C/C=C\C/C=C\CC. The molecule has 0 aromatic carbocycles. The van der Waals surface area contributed by atoms with E-state index in [-0.39, 0.29) is 31.1 Å². The highest BCUT2D eigenvalue weighted by Crippen LogP contribution is 2.15. The summed E-state index contributed by atoms with van der Waals surface area (Å²) in [7, 11) is 0. The molecule has 434 valence electrons. The average Bonchev–Trinajstić information content (AvgIpc) is 3.43. The quantitative estimate of drug-likeness (QED) is 0.0261. The van der Waals surface area contributed by atoms with Gasteiger partial charge in [-0.3, -0.25) is 14.4 Å². The molecule has 0 N–H and O–H groups in total. The monoisotopic (exact) mass is 1060 g/mol. The van der Waals surface area contributed by atoms with E-state index in [4.69, 9.17) is 14.2 Å². The van der Waals surface area contributed by atoms with E-state index in [2.05, 4.69) is 167 Å². The van der Waals surface area contributed by atoms with Gasteiger partial charge < -0.3 is 14.2 Å². The lowest BCUT2D eigenvalue weighted by molar-refractivity contribution is -0.167. The minimum absolute atomic E-state index is 0.0890. The number of unbranched alkanes of at least 4 members (excludes halogenated alkanes) is 20. The predicted octanol–water partition coefficient (Wildman–Crippen LogP) is 21.5. The molecule has 77 heavy (non-hydrogen) atoms. The summed E-state index contributed by atoms with van der Waals surface area (Å²) in [5, 5.41) is 0. The largest absolute Gasteiger partial charge is 0.462 e. The summed E-state index contributed by atoms with van der Waals surface area (Å²) in [5.41, 5.74) is 0. The van der Waals surface area contributed by atoms with Gasteiger partial charge in [0.05, 0.1) is 0 Å². The molecule has 6 nitrogen and oxygen atoms in total. The van der Waals surface area contributed by atoms with Crippen molar-refractivity contribution in [2.75, 3.05) is 13.2 Å². The number of carbonyl (C=O) groups is 3. The third kappa shape index (κ3) is 62.0. The molecule has 0 saturated heterocycles. The summed E-state index contributed by atoms with van der Waals surface area (Å²) in [4.78, 5) is 37.9. The number of hydrogen-bond donors (Lipinski definition) is 0. The fourth-order valence-corrected chi connectivity index (χ4v) is 8.21. The zero-order chi connectivity index (χ0) is 55.7. The van der Waals surface area contributed by atoms with Crippen LogP contribution in [0, 0.1) is 0 Å². The Morgan fingerprint density at radius 3 is 0.792 bits per heavy atom. The summed E-state index contributed by atoms with van der Waals surface area (Å²) in [6.07, 6.45) is 91.8. The second-order valence-corrected chi connectivity index (χ2v) is 20.2. The summed E-state index contributed by atoms with van der Waals surface area (Å²) in [6.45, 7) is 6.31. The molecule has 0 aromatic heterocycles. The fourth-order valence-electron chi connectivity index (χ4n) is 8.21. The first-order valence-electron chi connectivity index (χ1n) is 31.3. The maximum Gasteiger partial charge on any atom is 0.306 e. The Morgan fingerprint density at radius 2 is 0.506 bits per heavy atom. The molecule has 0 bridgehead atoms. The summed E-state index contributed by atoms with van der Waals surface area (Å²) >= 11 is 0. The van der Waals surface area contributed by atoms with Crippen LogP contribution in [0.4, 0.5) is 0 Å². The van der Waals surface area contributed by atoms with Gasteiger partial charge in [-0.1, -0.05) is 269 Å². The van der Waals surface area contributed by atoms with Crippen LogP contribution < -0.4 is 0 Å². The molecule has 0 radical (unpaired) electrons. The van der Waals surface area contributed by atoms with Crippen molar-refractivity contribution in [3.05, 3.63) is 146 Å². The van der Waals surface area contributed by atoms with Crippen molar-refractivity contribution >= 4 is 17.9 Å². The molecule has 0 aliphatic carbocycles. The topological polar surface area (TPSA) is 78.9 Å². The Balaban J connectivity index is 4.07. The third-order valence-corrected chi connectivity index (χ3v) is 12.8. The third-order valence-electron chi connectivity index (χ3n) is 12.8. The van der Waals surface area contributed by atoms with Crippen molar-refractivity contribution in [1.29, 1.82) is 0 Å². The van der Waals surface area contributed by atoms with E-state index >= 15 is 0 Å². The van der Waals surface area contributed by atoms with E-state index in [9.17, 15) is 14.4 Å². The normalized spacial score (nSPS) is 13.1. The Bertz CT molecular complexity index is 1700. The smallest absolute Gasteiger partial charge is 0.306 e. The number of allylic oxidation sites excluding steroid dienone is 24. The fraction of sp³-hybridized carbons (Fsp3) is 0.620. The Hall–Kier alpha value is -4.71. The standard InChI is InChI=1S/C71H114O6/c1-4-7-10-13-15-17-19-21-23-25-27-28-29-30-31-32-33-34-35-36-37-38-39-40-41-42-44-45-47-49-51-53-55-58-61-64-70(73)76-67-68(66-75-69(72)63-60-57-12-9-6-3)77-71(74)65-62-59-56-54-52-50-48-46-43-26-24-22-20-18-16-14-11-8-5-2/h7-8,10-11,15-18,21-24,27-28,30-31,33-34,36-37,39-40,43,46,68H,4-6,9,12-14,19-20,25-26,29,32,35,38,41-42,44-45,47-67H2,1-3H3/b10-7-,11-8-,17-15-,18-16-,23-21-,24-22-,28-27-,31-30-,34-33-,37-36-,40-39-,46-43-. The van der Waals surface area contributed by atoms with E-state index in [0.717, 1.165) is 167 Å². The lowest BCUT2D eigenvalue weighted by Gasteiger charge is -2.18. The zero-order valence-electron chi connectivity index (χ0n) is 49.7. The van der Waals surface area contributed by atoms with Crippen molar-refractivity contribution < 1.29 is 28.6 Å². The molecule has 0 fully saturated rings. The van der Waals surface area contributed by atoms with Gasteiger partial charge in [-0.25, -0.2) is 0 Å². The van der Waals surface area contributed by atoms with Crippen molar-refractivity contribution in [1.82, 2.24) is 0 Å². The maximum atomic E-state index is 12.8. The minimum atomic E-state index is -0.789. The van der Waals surface area contributed by atoms with Crippen LogP contribution >= 0.6 is 0 Å². The molecule has 0 amide bonds. The molecular formula is C71H114O6. The lowest BCUT2D eigenvalue weighted by atomic mass is 10.1. The van der Waals surface area contributed by atoms with Gasteiger partial charge >= 0.3 is 17.9 Å². The van der Waals surface area contributed by atoms with Crippen LogP contribution in [0.25, 0.3) is 0 Å². The molecule has 0 rings (SSSR count). The van der Waals surface area contributed by atoms with Crippen LogP contribution in [-0.2, 0) is 28.6 Å². The Kier molecular flexibility index (Phi) is 59.9. The van der Waals surface area contributed by atoms with Crippen LogP contribution in [0.5, 0.6) is 0 Å². The van der Waals surface area contributed by atoms with Gasteiger partial charge in [-0.2, -0.15) is 0 Å². The van der Waals surface area contributed by atoms with Crippen LogP contribution in [0.2, 0.25) is 0 Å². The van der Waals surface area contributed by atoms with Gasteiger partial charge in [0.2, 0.25) is 0 Å². The number of rotatable bonds is 55. The van der Waals surface area contributed by atoms with Crippen LogP contribution in [0.15, 0.2) is 146 Å². The molecule has 6 heteroatoms. The highest BCUT2D eigenvalue weighted by Gasteiger charge is 2.19. The number of ether oxygens (including phenoxy) is 3. The second kappa shape index (κ2) is 63.8. The van der Waals surface area contributed by atoms with E-state index in [1.54, 1.807) is 0 Å². The molecule has 0 aliphatic heterocycles. The minimum Gasteiger partial charge on any atom is -0.462 e. The van der Waals surface area contributed by atoms with Crippen LogP contribution in [0.3, 0.4) is 0 Å². The summed E-state index contributed by atoms with van der Waals surface area (Å²) in [5.74, 6) is -0.924. The number of esters is 3. The first kappa shape index (κ1) is 72.3.